The average molecular weight is 524 g/mol. The normalized spacial score (nSPS) is 15.8. The molecular weight excluding hydrogens is 506 g/mol. The highest BCUT2D eigenvalue weighted by Crippen LogP contribution is 2.37. The van der Waals surface area contributed by atoms with Crippen molar-refractivity contribution in [3.05, 3.63) is 28.2 Å². The molecule has 0 aromatic heterocycles. The topological polar surface area (TPSA) is 60.1 Å². The van der Waals surface area contributed by atoms with Gasteiger partial charge in [-0.25, -0.2) is 4.99 Å². The Morgan fingerprint density at radius 3 is 2.62 bits per heavy atom. The molecule has 1 heterocycles. The Morgan fingerprint density at radius 1 is 1.33 bits per heavy atom. The van der Waals surface area contributed by atoms with Crippen LogP contribution in [0.1, 0.15) is 5.56 Å². The van der Waals surface area contributed by atoms with Gasteiger partial charge in [-0.1, -0.05) is 15.9 Å². The van der Waals surface area contributed by atoms with E-state index in [1.165, 1.54) is 12.1 Å². The van der Waals surface area contributed by atoms with Crippen molar-refractivity contribution < 1.29 is 22.6 Å². The summed E-state index contributed by atoms with van der Waals surface area (Å²) in [5.74, 6) is 0.129. The van der Waals surface area contributed by atoms with Gasteiger partial charge in [0, 0.05) is 17.6 Å². The van der Waals surface area contributed by atoms with E-state index in [-0.39, 0.29) is 42.9 Å². The highest BCUT2D eigenvalue weighted by atomic mass is 127. The summed E-state index contributed by atoms with van der Waals surface area (Å²) in [6.45, 7) is 2.66. The molecule has 0 spiro atoms. The smallest absolute Gasteiger partial charge is 0.420 e. The molecule has 1 aromatic rings. The van der Waals surface area contributed by atoms with Crippen LogP contribution in [0.25, 0.3) is 0 Å². The Kier molecular flexibility index (Phi) is 8.57. The molecule has 0 amide bonds. The largest absolute Gasteiger partial charge is 0.491 e. The number of guanidine groups is 1. The number of benzene rings is 1. The minimum Gasteiger partial charge on any atom is -0.491 e. The fourth-order valence-corrected chi connectivity index (χ4v) is 2.42. The lowest BCUT2D eigenvalue weighted by molar-refractivity contribution is -0.139. The minimum atomic E-state index is -4.48. The second-order valence-corrected chi connectivity index (χ2v) is 5.74. The fourth-order valence-electron chi connectivity index (χ4n) is 2.06. The van der Waals surface area contributed by atoms with Gasteiger partial charge in [-0.05, 0) is 18.2 Å². The van der Waals surface area contributed by atoms with E-state index in [2.05, 4.69) is 20.9 Å². The second-order valence-electron chi connectivity index (χ2n) is 4.83. The van der Waals surface area contributed by atoms with Crippen LogP contribution in [0.3, 0.4) is 0 Å². The number of nitrogens with zero attached hydrogens (tertiary/aromatic N) is 2. The Hall–Kier alpha value is -0.750. The number of aliphatic imine (C=N–C) groups is 1. The Labute approximate surface area is 163 Å². The van der Waals surface area contributed by atoms with E-state index in [0.29, 0.717) is 36.7 Å². The van der Waals surface area contributed by atoms with Gasteiger partial charge in [0.05, 0.1) is 25.3 Å². The maximum atomic E-state index is 12.9. The van der Waals surface area contributed by atoms with Crippen LogP contribution in [0, 0.1) is 0 Å². The number of hydrogen-bond acceptors (Lipinski definition) is 3. The van der Waals surface area contributed by atoms with Gasteiger partial charge in [0.25, 0.3) is 0 Å². The van der Waals surface area contributed by atoms with Crippen LogP contribution in [-0.4, -0.2) is 50.3 Å². The van der Waals surface area contributed by atoms with Gasteiger partial charge in [0.1, 0.15) is 12.4 Å². The van der Waals surface area contributed by atoms with Gasteiger partial charge >= 0.3 is 6.18 Å². The van der Waals surface area contributed by atoms with Gasteiger partial charge < -0.3 is 20.1 Å². The second kappa shape index (κ2) is 9.66. The molecule has 0 radical (unpaired) electrons. The zero-order valence-corrected chi connectivity index (χ0v) is 16.6. The highest BCUT2D eigenvalue weighted by molar-refractivity contribution is 14.0. The van der Waals surface area contributed by atoms with Crippen LogP contribution < -0.4 is 10.5 Å². The molecule has 2 rings (SSSR count). The molecule has 0 atom stereocenters. The van der Waals surface area contributed by atoms with Crippen LogP contribution >= 0.6 is 39.9 Å². The number of halogens is 5. The SMILES string of the molecule is I.NC(=NCCOc1ccc(Br)cc1C(F)(F)F)N1CCOCC1. The first kappa shape index (κ1) is 21.3. The number of rotatable bonds is 4. The lowest BCUT2D eigenvalue weighted by Gasteiger charge is -2.27. The molecule has 10 heteroatoms. The van der Waals surface area contributed by atoms with Gasteiger partial charge in [0.2, 0.25) is 0 Å². The fraction of sp³-hybridized carbons (Fsp3) is 0.500. The molecule has 0 aliphatic carbocycles. The number of morpholine rings is 1. The van der Waals surface area contributed by atoms with Crippen LogP contribution in [0.5, 0.6) is 5.75 Å². The van der Waals surface area contributed by atoms with Crippen LogP contribution in [0.2, 0.25) is 0 Å². The molecule has 1 fully saturated rings. The van der Waals surface area contributed by atoms with Gasteiger partial charge in [-0.15, -0.1) is 24.0 Å². The molecule has 1 aromatic carbocycles. The summed E-state index contributed by atoms with van der Waals surface area (Å²) in [6.07, 6.45) is -4.48. The van der Waals surface area contributed by atoms with Crippen molar-refractivity contribution >= 4 is 45.9 Å². The minimum absolute atomic E-state index is 0. The third kappa shape index (κ3) is 6.28. The molecular formula is C14H18BrF3IN3O2. The number of nitrogens with two attached hydrogens (primary N) is 1. The van der Waals surface area contributed by atoms with Crippen LogP contribution in [0.4, 0.5) is 13.2 Å². The first-order valence-electron chi connectivity index (χ1n) is 7.00. The molecule has 0 bridgehead atoms. The predicted molar refractivity (Wildman–Crippen MR) is 98.9 cm³/mol. The summed E-state index contributed by atoms with van der Waals surface area (Å²) in [5, 5.41) is 0. The first-order valence-corrected chi connectivity index (χ1v) is 7.79. The molecule has 1 saturated heterocycles. The summed E-state index contributed by atoms with van der Waals surface area (Å²) in [6, 6.07) is 3.76. The Balaban J connectivity index is 0.00000288. The van der Waals surface area contributed by atoms with E-state index in [1.54, 1.807) is 0 Å². The number of hydrogen-bond donors (Lipinski definition) is 1. The van der Waals surface area contributed by atoms with E-state index in [9.17, 15) is 13.2 Å². The van der Waals surface area contributed by atoms with E-state index in [4.69, 9.17) is 15.2 Å². The van der Waals surface area contributed by atoms with Crippen molar-refractivity contribution in [3.8, 4) is 5.75 Å². The van der Waals surface area contributed by atoms with Gasteiger partial charge in [-0.2, -0.15) is 13.2 Å². The third-order valence-electron chi connectivity index (χ3n) is 3.20. The zero-order valence-electron chi connectivity index (χ0n) is 12.7. The van der Waals surface area contributed by atoms with Gasteiger partial charge in [0.15, 0.2) is 5.96 Å². The van der Waals surface area contributed by atoms with Crippen molar-refractivity contribution in [1.82, 2.24) is 4.90 Å². The maximum absolute atomic E-state index is 12.9. The van der Waals surface area contributed by atoms with E-state index < -0.39 is 11.7 Å². The number of alkyl halides is 3. The van der Waals surface area contributed by atoms with Crippen molar-refractivity contribution in [3.63, 3.8) is 0 Å². The zero-order chi connectivity index (χ0) is 16.9. The first-order chi connectivity index (χ1) is 10.9. The monoisotopic (exact) mass is 523 g/mol. The predicted octanol–water partition coefficient (Wildman–Crippen LogP) is 3.11. The molecule has 0 unspecified atom stereocenters. The van der Waals surface area contributed by atoms with Gasteiger partial charge in [-0.3, -0.25) is 0 Å². The van der Waals surface area contributed by atoms with Crippen molar-refractivity contribution in [2.75, 3.05) is 39.5 Å². The standard InChI is InChI=1S/C14H17BrF3N3O2.HI/c15-10-1-2-12(11(9-10)14(16,17)18)23-6-3-20-13(19)21-4-7-22-8-5-21;/h1-2,9H,3-8H2,(H2,19,20);1H. The number of ether oxygens (including phenoxy) is 2. The molecule has 1 aliphatic heterocycles. The van der Waals surface area contributed by atoms with Crippen molar-refractivity contribution in [2.45, 2.75) is 6.18 Å². The summed E-state index contributed by atoms with van der Waals surface area (Å²) in [4.78, 5) is 5.99. The quantitative estimate of drug-likeness (QED) is 0.285. The van der Waals surface area contributed by atoms with Crippen molar-refractivity contribution in [1.29, 1.82) is 0 Å². The van der Waals surface area contributed by atoms with E-state index >= 15 is 0 Å². The average Bonchev–Trinajstić information content (AvgIpc) is 2.52. The lowest BCUT2D eigenvalue weighted by Crippen LogP contribution is -2.45. The molecule has 0 saturated carbocycles. The maximum Gasteiger partial charge on any atom is 0.420 e. The molecule has 24 heavy (non-hydrogen) atoms. The summed E-state index contributed by atoms with van der Waals surface area (Å²) < 4.78 is 49.6. The van der Waals surface area contributed by atoms with E-state index in [0.717, 1.165) is 6.07 Å². The molecule has 1 aliphatic rings. The summed E-state index contributed by atoms with van der Waals surface area (Å²) >= 11 is 3.02. The van der Waals surface area contributed by atoms with Crippen LogP contribution in [-0.2, 0) is 10.9 Å². The lowest BCUT2D eigenvalue weighted by atomic mass is 10.2. The van der Waals surface area contributed by atoms with E-state index in [1.807, 2.05) is 4.90 Å². The summed E-state index contributed by atoms with van der Waals surface area (Å²) in [7, 11) is 0. The molecule has 5 nitrogen and oxygen atoms in total. The Bertz CT molecular complexity index is 567. The Morgan fingerprint density at radius 2 is 2.00 bits per heavy atom. The summed E-state index contributed by atoms with van der Waals surface area (Å²) in [5.41, 5.74) is 5.00. The molecule has 136 valence electrons. The highest BCUT2D eigenvalue weighted by Gasteiger charge is 2.34. The molecule has 2 N–H and O–H groups in total. The van der Waals surface area contributed by atoms with Crippen molar-refractivity contribution in [2.24, 2.45) is 10.7 Å². The van der Waals surface area contributed by atoms with Crippen LogP contribution in [0.15, 0.2) is 27.7 Å². The third-order valence-corrected chi connectivity index (χ3v) is 3.70.